The van der Waals surface area contributed by atoms with Crippen LogP contribution in [0, 0.1) is 0 Å². The summed E-state index contributed by atoms with van der Waals surface area (Å²) in [7, 11) is 4.10. The van der Waals surface area contributed by atoms with Gasteiger partial charge in [-0.3, -0.25) is 19.4 Å². The molecule has 2 N–H and O–H groups in total. The highest BCUT2D eigenvalue weighted by Gasteiger charge is 2.25. The van der Waals surface area contributed by atoms with Gasteiger partial charge in [-0.2, -0.15) is 0 Å². The lowest BCUT2D eigenvalue weighted by molar-refractivity contribution is -0.144. The van der Waals surface area contributed by atoms with Gasteiger partial charge in [0.25, 0.3) is 0 Å². The highest BCUT2D eigenvalue weighted by molar-refractivity contribution is 5.73. The molecule has 1 heterocycles. The van der Waals surface area contributed by atoms with Crippen LogP contribution in [0.5, 0.6) is 0 Å². The molecule has 8 nitrogen and oxygen atoms in total. The van der Waals surface area contributed by atoms with Crippen molar-refractivity contribution in [3.05, 3.63) is 0 Å². The molecular weight excluding hydrogens is 312 g/mol. The molecule has 0 aromatic carbocycles. The van der Waals surface area contributed by atoms with Crippen LogP contribution < -0.4 is 0 Å². The summed E-state index contributed by atoms with van der Waals surface area (Å²) in [6.07, 6.45) is 0.542. The Morgan fingerprint density at radius 2 is 1.33 bits per heavy atom. The van der Waals surface area contributed by atoms with E-state index in [1.807, 2.05) is 23.8 Å². The van der Waals surface area contributed by atoms with Gasteiger partial charge in [0.05, 0.1) is 6.54 Å². The molecule has 1 aliphatic heterocycles. The number of hydrogen-bond donors (Lipinski definition) is 2. The van der Waals surface area contributed by atoms with Gasteiger partial charge < -0.3 is 20.0 Å². The number of carbonyl (C=O) groups is 2. The van der Waals surface area contributed by atoms with Gasteiger partial charge in [-0.25, -0.2) is 0 Å². The molecule has 0 saturated carbocycles. The lowest BCUT2D eigenvalue weighted by atomic mass is 10.2. The smallest absolute Gasteiger partial charge is 0.320 e. The Morgan fingerprint density at radius 1 is 0.875 bits per heavy atom. The zero-order valence-electron chi connectivity index (χ0n) is 15.1. The summed E-state index contributed by atoms with van der Waals surface area (Å²) in [4.78, 5) is 30.9. The minimum Gasteiger partial charge on any atom is -0.480 e. The highest BCUT2D eigenvalue weighted by Crippen LogP contribution is 2.07. The topological polar surface area (TPSA) is 87.6 Å². The number of rotatable bonds is 5. The molecule has 1 unspecified atom stereocenters. The second-order valence-corrected chi connectivity index (χ2v) is 6.57. The largest absolute Gasteiger partial charge is 0.480 e. The quantitative estimate of drug-likeness (QED) is 0.685. The average Bonchev–Trinajstić information content (AvgIpc) is 2.50. The third kappa shape index (κ3) is 7.57. The number of carboxylic acids is 2. The molecule has 0 radical (unpaired) electrons. The normalized spacial score (nSPS) is 22.5. The molecule has 0 aromatic heterocycles. The Hall–Kier alpha value is -1.22. The molecule has 1 saturated heterocycles. The Morgan fingerprint density at radius 3 is 1.83 bits per heavy atom. The van der Waals surface area contributed by atoms with Crippen LogP contribution >= 0.6 is 0 Å². The van der Waals surface area contributed by atoms with Crippen molar-refractivity contribution in [1.82, 2.24) is 19.6 Å². The summed E-state index contributed by atoms with van der Waals surface area (Å²) in [6, 6.07) is -0.518. The van der Waals surface area contributed by atoms with Gasteiger partial charge in [0.1, 0.15) is 6.04 Å². The Bertz CT molecular complexity index is 408. The SMILES string of the molecule is CCC(C(=O)O)N1CCN(C)CCN(C)CCN(CC(=O)O)CC1. The van der Waals surface area contributed by atoms with Crippen molar-refractivity contribution in [2.75, 3.05) is 73.0 Å². The predicted molar refractivity (Wildman–Crippen MR) is 92.4 cm³/mol. The Balaban J connectivity index is 2.81. The van der Waals surface area contributed by atoms with Gasteiger partial charge in [-0.15, -0.1) is 0 Å². The molecule has 8 heteroatoms. The summed E-state index contributed by atoms with van der Waals surface area (Å²) >= 11 is 0. The number of carboxylic acid groups (broad SMARTS) is 2. The minimum atomic E-state index is -0.846. The van der Waals surface area contributed by atoms with Gasteiger partial charge in [-0.1, -0.05) is 6.92 Å². The van der Waals surface area contributed by atoms with Crippen LogP contribution in [0.1, 0.15) is 13.3 Å². The molecule has 1 fully saturated rings. The zero-order valence-corrected chi connectivity index (χ0v) is 15.1. The fourth-order valence-electron chi connectivity index (χ4n) is 2.92. The second-order valence-electron chi connectivity index (χ2n) is 6.57. The van der Waals surface area contributed by atoms with Gasteiger partial charge in [-0.05, 0) is 20.5 Å². The van der Waals surface area contributed by atoms with E-state index in [0.29, 0.717) is 32.6 Å². The number of aliphatic carboxylic acids is 2. The van der Waals surface area contributed by atoms with E-state index < -0.39 is 18.0 Å². The summed E-state index contributed by atoms with van der Waals surface area (Å²) in [5, 5.41) is 18.6. The van der Waals surface area contributed by atoms with E-state index in [4.69, 9.17) is 5.11 Å². The van der Waals surface area contributed by atoms with Crippen LogP contribution in [0.2, 0.25) is 0 Å². The second kappa shape index (κ2) is 10.6. The minimum absolute atomic E-state index is 0.00849. The molecule has 1 atom stereocenters. The van der Waals surface area contributed by atoms with Crippen LogP contribution in [0.15, 0.2) is 0 Å². The molecule has 0 spiro atoms. The molecule has 1 aliphatic rings. The van der Waals surface area contributed by atoms with E-state index in [1.54, 1.807) is 0 Å². The van der Waals surface area contributed by atoms with E-state index in [-0.39, 0.29) is 6.54 Å². The van der Waals surface area contributed by atoms with Gasteiger partial charge in [0.2, 0.25) is 0 Å². The molecule has 24 heavy (non-hydrogen) atoms. The fraction of sp³-hybridized carbons (Fsp3) is 0.875. The first-order chi connectivity index (χ1) is 11.3. The van der Waals surface area contributed by atoms with Crippen molar-refractivity contribution < 1.29 is 19.8 Å². The first-order valence-corrected chi connectivity index (χ1v) is 8.61. The van der Waals surface area contributed by atoms with Crippen LogP contribution in [-0.2, 0) is 9.59 Å². The van der Waals surface area contributed by atoms with Crippen molar-refractivity contribution in [2.45, 2.75) is 19.4 Å². The van der Waals surface area contributed by atoms with Gasteiger partial charge in [0, 0.05) is 52.4 Å². The third-order valence-electron chi connectivity index (χ3n) is 4.61. The van der Waals surface area contributed by atoms with E-state index in [9.17, 15) is 14.7 Å². The van der Waals surface area contributed by atoms with E-state index in [2.05, 4.69) is 16.8 Å². The maximum absolute atomic E-state index is 11.5. The lowest BCUT2D eigenvalue weighted by Gasteiger charge is -2.34. The standard InChI is InChI=1S/C16H32N4O4/c1-4-14(16(23)24)20-11-8-18(3)6-5-17(2)7-9-19(10-12-20)13-15(21)22/h14H,4-13H2,1-3H3,(H,21,22)(H,23,24). The van der Waals surface area contributed by atoms with Crippen LogP contribution in [-0.4, -0.2) is 121 Å². The molecule has 0 aliphatic carbocycles. The zero-order chi connectivity index (χ0) is 18.1. The van der Waals surface area contributed by atoms with Gasteiger partial charge >= 0.3 is 11.9 Å². The number of likely N-dealkylation sites (N-methyl/N-ethyl adjacent to an activating group) is 2. The third-order valence-corrected chi connectivity index (χ3v) is 4.61. The number of hydrogen-bond acceptors (Lipinski definition) is 6. The molecule has 0 aromatic rings. The number of nitrogens with zero attached hydrogens (tertiary/aromatic N) is 4. The fourth-order valence-corrected chi connectivity index (χ4v) is 2.92. The highest BCUT2D eigenvalue weighted by atomic mass is 16.4. The van der Waals surface area contributed by atoms with E-state index in [1.165, 1.54) is 0 Å². The summed E-state index contributed by atoms with van der Waals surface area (Å²) in [6.45, 7) is 7.77. The van der Waals surface area contributed by atoms with Crippen molar-refractivity contribution in [2.24, 2.45) is 0 Å². The first kappa shape index (κ1) is 20.8. The van der Waals surface area contributed by atoms with Gasteiger partial charge in [0.15, 0.2) is 0 Å². The Kier molecular flexibility index (Phi) is 9.20. The molecule has 0 amide bonds. The summed E-state index contributed by atoms with van der Waals surface area (Å²) in [5.74, 6) is -1.65. The Labute approximate surface area is 144 Å². The van der Waals surface area contributed by atoms with Crippen LogP contribution in [0.3, 0.4) is 0 Å². The van der Waals surface area contributed by atoms with Crippen molar-refractivity contribution in [3.8, 4) is 0 Å². The monoisotopic (exact) mass is 344 g/mol. The summed E-state index contributed by atoms with van der Waals surface area (Å²) in [5.41, 5.74) is 0. The average molecular weight is 344 g/mol. The summed E-state index contributed by atoms with van der Waals surface area (Å²) < 4.78 is 0. The van der Waals surface area contributed by atoms with Crippen LogP contribution in [0.4, 0.5) is 0 Å². The van der Waals surface area contributed by atoms with Crippen LogP contribution in [0.25, 0.3) is 0 Å². The maximum atomic E-state index is 11.5. The molecule has 1 rings (SSSR count). The maximum Gasteiger partial charge on any atom is 0.320 e. The molecule has 140 valence electrons. The first-order valence-electron chi connectivity index (χ1n) is 8.61. The molecule has 0 bridgehead atoms. The van der Waals surface area contributed by atoms with Crippen molar-refractivity contribution >= 4 is 11.9 Å². The van der Waals surface area contributed by atoms with E-state index in [0.717, 1.165) is 26.2 Å². The van der Waals surface area contributed by atoms with E-state index >= 15 is 0 Å². The lowest BCUT2D eigenvalue weighted by Crippen LogP contribution is -2.50. The molecular formula is C16H32N4O4. The van der Waals surface area contributed by atoms with Crippen molar-refractivity contribution in [1.29, 1.82) is 0 Å². The van der Waals surface area contributed by atoms with Crippen molar-refractivity contribution in [3.63, 3.8) is 0 Å². The predicted octanol–water partition coefficient (Wildman–Crippen LogP) is -0.585.